The summed E-state index contributed by atoms with van der Waals surface area (Å²) in [4.78, 5) is 12.0. The standard InChI is InChI=1S/C17H18ClN3O2/c1-12(20-14-7-9-15(23-2)10-8-14)17(22)21-19-11-13-5-3-4-6-16(13)18/h3-12,20H,1-2H3,(H,21,22)/b19-11-/t12-/m0/s1. The van der Waals surface area contributed by atoms with Crippen molar-refractivity contribution in [3.05, 3.63) is 59.1 Å². The molecule has 0 bridgehead atoms. The van der Waals surface area contributed by atoms with Crippen molar-refractivity contribution in [1.82, 2.24) is 5.43 Å². The van der Waals surface area contributed by atoms with Crippen LogP contribution < -0.4 is 15.5 Å². The largest absolute Gasteiger partial charge is 0.497 e. The Morgan fingerprint density at radius 2 is 1.91 bits per heavy atom. The summed E-state index contributed by atoms with van der Waals surface area (Å²) in [6.45, 7) is 1.75. The molecule has 1 atom stereocenters. The summed E-state index contributed by atoms with van der Waals surface area (Å²) < 4.78 is 5.09. The third-order valence-corrected chi connectivity index (χ3v) is 3.49. The van der Waals surface area contributed by atoms with Crippen LogP contribution in [0, 0.1) is 0 Å². The van der Waals surface area contributed by atoms with Crippen LogP contribution in [0.25, 0.3) is 0 Å². The number of nitrogens with one attached hydrogen (secondary N) is 2. The fraction of sp³-hybridized carbons (Fsp3) is 0.176. The maximum Gasteiger partial charge on any atom is 0.262 e. The van der Waals surface area contributed by atoms with Gasteiger partial charge in [-0.25, -0.2) is 5.43 Å². The zero-order valence-electron chi connectivity index (χ0n) is 12.9. The molecule has 0 aliphatic rings. The van der Waals surface area contributed by atoms with Crippen molar-refractivity contribution >= 4 is 29.4 Å². The molecule has 2 rings (SSSR count). The van der Waals surface area contributed by atoms with Crippen LogP contribution in [0.3, 0.4) is 0 Å². The van der Waals surface area contributed by atoms with Crippen LogP contribution in [0.5, 0.6) is 5.75 Å². The van der Waals surface area contributed by atoms with Gasteiger partial charge in [-0.05, 0) is 37.3 Å². The molecule has 0 aliphatic carbocycles. The number of hydrazone groups is 1. The van der Waals surface area contributed by atoms with E-state index < -0.39 is 6.04 Å². The van der Waals surface area contributed by atoms with Gasteiger partial charge in [-0.15, -0.1) is 0 Å². The highest BCUT2D eigenvalue weighted by Gasteiger charge is 2.11. The maximum atomic E-state index is 12.0. The van der Waals surface area contributed by atoms with Crippen molar-refractivity contribution in [3.8, 4) is 5.75 Å². The second kappa shape index (κ2) is 8.19. The number of hydrogen-bond acceptors (Lipinski definition) is 4. The first-order valence-electron chi connectivity index (χ1n) is 7.08. The summed E-state index contributed by atoms with van der Waals surface area (Å²) in [6, 6.07) is 14.2. The first kappa shape index (κ1) is 16.8. The van der Waals surface area contributed by atoms with Gasteiger partial charge in [0.05, 0.1) is 13.3 Å². The van der Waals surface area contributed by atoms with Crippen LogP contribution in [0.4, 0.5) is 5.69 Å². The first-order chi connectivity index (χ1) is 11.1. The Hall–Kier alpha value is -2.53. The number of benzene rings is 2. The van der Waals surface area contributed by atoms with Gasteiger partial charge in [0.1, 0.15) is 11.8 Å². The molecule has 5 nitrogen and oxygen atoms in total. The van der Waals surface area contributed by atoms with Gasteiger partial charge in [0, 0.05) is 16.3 Å². The number of carbonyl (C=O) groups excluding carboxylic acids is 1. The smallest absolute Gasteiger partial charge is 0.262 e. The normalized spacial score (nSPS) is 12.0. The molecule has 2 N–H and O–H groups in total. The molecular weight excluding hydrogens is 314 g/mol. The fourth-order valence-electron chi connectivity index (χ4n) is 1.84. The molecule has 0 saturated heterocycles. The van der Waals surface area contributed by atoms with Crippen molar-refractivity contribution in [2.45, 2.75) is 13.0 Å². The number of amides is 1. The van der Waals surface area contributed by atoms with Crippen LogP contribution in [0.2, 0.25) is 5.02 Å². The van der Waals surface area contributed by atoms with E-state index in [4.69, 9.17) is 16.3 Å². The van der Waals surface area contributed by atoms with E-state index in [0.717, 1.165) is 17.0 Å². The third-order valence-electron chi connectivity index (χ3n) is 3.15. The Balaban J connectivity index is 1.88. The number of rotatable bonds is 6. The zero-order chi connectivity index (χ0) is 16.7. The first-order valence-corrected chi connectivity index (χ1v) is 7.46. The highest BCUT2D eigenvalue weighted by Crippen LogP contribution is 2.15. The van der Waals surface area contributed by atoms with Crippen LogP contribution >= 0.6 is 11.6 Å². The highest BCUT2D eigenvalue weighted by molar-refractivity contribution is 6.33. The molecule has 0 spiro atoms. The Morgan fingerprint density at radius 1 is 1.22 bits per heavy atom. The summed E-state index contributed by atoms with van der Waals surface area (Å²) >= 11 is 6.01. The van der Waals surface area contributed by atoms with Crippen LogP contribution in [0.15, 0.2) is 53.6 Å². The highest BCUT2D eigenvalue weighted by atomic mass is 35.5. The topological polar surface area (TPSA) is 62.7 Å². The van der Waals surface area contributed by atoms with E-state index in [1.807, 2.05) is 42.5 Å². The van der Waals surface area contributed by atoms with Crippen molar-refractivity contribution in [2.75, 3.05) is 12.4 Å². The minimum atomic E-state index is -0.438. The van der Waals surface area contributed by atoms with Crippen LogP contribution in [0.1, 0.15) is 12.5 Å². The van der Waals surface area contributed by atoms with Crippen molar-refractivity contribution in [3.63, 3.8) is 0 Å². The van der Waals surface area contributed by atoms with Gasteiger partial charge in [-0.1, -0.05) is 29.8 Å². The van der Waals surface area contributed by atoms with E-state index in [1.165, 1.54) is 6.21 Å². The molecule has 6 heteroatoms. The van der Waals surface area contributed by atoms with Gasteiger partial charge in [-0.3, -0.25) is 4.79 Å². The van der Waals surface area contributed by atoms with Gasteiger partial charge in [0.25, 0.3) is 5.91 Å². The van der Waals surface area contributed by atoms with Gasteiger partial charge in [0.15, 0.2) is 0 Å². The minimum Gasteiger partial charge on any atom is -0.497 e. The second-order valence-corrected chi connectivity index (χ2v) is 5.26. The molecule has 0 unspecified atom stereocenters. The number of methoxy groups -OCH3 is 1. The van der Waals surface area contributed by atoms with Crippen molar-refractivity contribution in [2.24, 2.45) is 5.10 Å². The summed E-state index contributed by atoms with van der Waals surface area (Å²) in [5, 5.41) is 7.59. The number of halogens is 1. The second-order valence-electron chi connectivity index (χ2n) is 4.85. The average Bonchev–Trinajstić information content (AvgIpc) is 2.57. The lowest BCUT2D eigenvalue weighted by Crippen LogP contribution is -2.34. The van der Waals surface area contributed by atoms with Gasteiger partial charge in [-0.2, -0.15) is 5.10 Å². The van der Waals surface area contributed by atoms with Gasteiger partial charge < -0.3 is 10.1 Å². The molecule has 0 aromatic heterocycles. The predicted octanol–water partition coefficient (Wildman–Crippen LogP) is 3.30. The molecule has 2 aromatic carbocycles. The van der Waals surface area contributed by atoms with E-state index in [-0.39, 0.29) is 5.91 Å². The lowest BCUT2D eigenvalue weighted by atomic mass is 10.2. The molecule has 0 aliphatic heterocycles. The van der Waals surface area contributed by atoms with Crippen LogP contribution in [-0.2, 0) is 4.79 Å². The molecule has 23 heavy (non-hydrogen) atoms. The summed E-state index contributed by atoms with van der Waals surface area (Å²) in [5.74, 6) is 0.515. The molecule has 0 fully saturated rings. The van der Waals surface area contributed by atoms with E-state index in [9.17, 15) is 4.79 Å². The van der Waals surface area contributed by atoms with E-state index in [1.54, 1.807) is 20.1 Å². The third kappa shape index (κ3) is 5.00. The maximum absolute atomic E-state index is 12.0. The van der Waals surface area contributed by atoms with Crippen LogP contribution in [-0.4, -0.2) is 25.3 Å². The molecule has 1 amide bonds. The van der Waals surface area contributed by atoms with Crippen molar-refractivity contribution < 1.29 is 9.53 Å². The minimum absolute atomic E-state index is 0.246. The van der Waals surface area contributed by atoms with E-state index >= 15 is 0 Å². The Morgan fingerprint density at radius 3 is 2.57 bits per heavy atom. The lowest BCUT2D eigenvalue weighted by molar-refractivity contribution is -0.121. The quantitative estimate of drug-likeness (QED) is 0.630. The number of carbonyl (C=O) groups is 1. The number of anilines is 1. The van der Waals surface area contributed by atoms with Gasteiger partial charge in [0.2, 0.25) is 0 Å². The predicted molar refractivity (Wildman–Crippen MR) is 93.3 cm³/mol. The van der Waals surface area contributed by atoms with Crippen molar-refractivity contribution in [1.29, 1.82) is 0 Å². The molecule has 0 heterocycles. The lowest BCUT2D eigenvalue weighted by Gasteiger charge is -2.13. The molecule has 0 saturated carbocycles. The summed E-state index contributed by atoms with van der Waals surface area (Å²) in [7, 11) is 1.61. The average molecular weight is 332 g/mol. The number of hydrogen-bond donors (Lipinski definition) is 2. The van der Waals surface area contributed by atoms with E-state index in [2.05, 4.69) is 15.8 Å². The summed E-state index contributed by atoms with van der Waals surface area (Å²) in [6.07, 6.45) is 1.51. The monoisotopic (exact) mass is 331 g/mol. The SMILES string of the molecule is COc1ccc(N[C@@H](C)C(=O)N/N=C\c2ccccc2Cl)cc1. The zero-order valence-corrected chi connectivity index (χ0v) is 13.7. The number of nitrogens with zero attached hydrogens (tertiary/aromatic N) is 1. The van der Waals surface area contributed by atoms with Gasteiger partial charge >= 0.3 is 0 Å². The number of ether oxygens (including phenoxy) is 1. The van der Waals surface area contributed by atoms with E-state index in [0.29, 0.717) is 5.02 Å². The summed E-state index contributed by atoms with van der Waals surface area (Å²) in [5.41, 5.74) is 4.05. The fourth-order valence-corrected chi connectivity index (χ4v) is 2.03. The Labute approximate surface area is 140 Å². The molecule has 0 radical (unpaired) electrons. The Kier molecular flexibility index (Phi) is 6.00. The molecular formula is C17H18ClN3O2. The Bertz CT molecular complexity index is 686. The molecule has 2 aromatic rings. The molecule has 120 valence electrons.